The molecule has 0 aliphatic carbocycles. The van der Waals surface area contributed by atoms with Crippen molar-refractivity contribution in [3.8, 4) is 0 Å². The van der Waals surface area contributed by atoms with Crippen LogP contribution in [0.5, 0.6) is 0 Å². The van der Waals surface area contributed by atoms with Gasteiger partial charge in [-0.1, -0.05) is 12.1 Å². The van der Waals surface area contributed by atoms with Gasteiger partial charge in [0.2, 0.25) is 0 Å². The molecule has 0 bridgehead atoms. The summed E-state index contributed by atoms with van der Waals surface area (Å²) in [5, 5.41) is 17.5. The van der Waals surface area contributed by atoms with Crippen molar-refractivity contribution in [2.24, 2.45) is 0 Å². The van der Waals surface area contributed by atoms with Crippen LogP contribution in [0.25, 0.3) is 0 Å². The van der Waals surface area contributed by atoms with E-state index in [2.05, 4.69) is 58.2 Å². The molecule has 3 rings (SSSR count). The molecule has 2 heterocycles. The number of aliphatic hydroxyl groups excluding tert-OH is 1. The summed E-state index contributed by atoms with van der Waals surface area (Å²) in [4.78, 5) is 2.36. The average molecular weight is 316 g/mol. The zero-order chi connectivity index (χ0) is 15.4. The number of anilines is 1. The van der Waals surface area contributed by atoms with Crippen molar-refractivity contribution in [3.63, 3.8) is 0 Å². The normalized spacial score (nSPS) is 17.6. The van der Waals surface area contributed by atoms with Gasteiger partial charge in [-0.2, -0.15) is 11.3 Å². The molecule has 2 aromatic rings. The average Bonchev–Trinajstić information content (AvgIpc) is 3.07. The molecule has 118 valence electrons. The van der Waals surface area contributed by atoms with E-state index in [4.69, 9.17) is 0 Å². The van der Waals surface area contributed by atoms with Crippen LogP contribution in [0, 0.1) is 0 Å². The van der Waals surface area contributed by atoms with Gasteiger partial charge in [-0.05, 0) is 59.9 Å². The molecule has 1 unspecified atom stereocenters. The molecule has 3 nitrogen and oxygen atoms in total. The van der Waals surface area contributed by atoms with Crippen molar-refractivity contribution in [2.75, 3.05) is 18.0 Å². The van der Waals surface area contributed by atoms with Gasteiger partial charge < -0.3 is 15.3 Å². The van der Waals surface area contributed by atoms with E-state index in [1.165, 1.54) is 16.8 Å². The van der Waals surface area contributed by atoms with Crippen LogP contribution < -0.4 is 10.2 Å². The minimum atomic E-state index is -0.114. The van der Waals surface area contributed by atoms with Crippen LogP contribution in [-0.4, -0.2) is 24.3 Å². The molecule has 0 saturated carbocycles. The fourth-order valence-electron chi connectivity index (χ4n) is 2.88. The molecule has 0 radical (unpaired) electrons. The largest absolute Gasteiger partial charge is 0.393 e. The highest BCUT2D eigenvalue weighted by Crippen LogP contribution is 2.23. The number of hydrogen-bond donors (Lipinski definition) is 2. The zero-order valence-electron chi connectivity index (χ0n) is 13.0. The molecule has 1 aliphatic heterocycles. The highest BCUT2D eigenvalue weighted by Gasteiger charge is 2.17. The summed E-state index contributed by atoms with van der Waals surface area (Å²) in [7, 11) is 0. The van der Waals surface area contributed by atoms with Crippen LogP contribution in [0.1, 0.15) is 36.9 Å². The minimum absolute atomic E-state index is 0.114. The molecule has 4 heteroatoms. The van der Waals surface area contributed by atoms with Gasteiger partial charge >= 0.3 is 0 Å². The quantitative estimate of drug-likeness (QED) is 0.885. The number of thiophene rings is 1. The van der Waals surface area contributed by atoms with Gasteiger partial charge in [-0.3, -0.25) is 0 Å². The molecule has 1 atom stereocenters. The van der Waals surface area contributed by atoms with Gasteiger partial charge in [0.25, 0.3) is 0 Å². The lowest BCUT2D eigenvalue weighted by molar-refractivity contribution is 0.145. The van der Waals surface area contributed by atoms with E-state index in [0.717, 1.165) is 32.5 Å². The summed E-state index contributed by atoms with van der Waals surface area (Å²) in [5.41, 5.74) is 3.93. The van der Waals surface area contributed by atoms with Crippen LogP contribution in [0.4, 0.5) is 5.69 Å². The fourth-order valence-corrected chi connectivity index (χ4v) is 3.55. The van der Waals surface area contributed by atoms with Crippen molar-refractivity contribution >= 4 is 17.0 Å². The maximum Gasteiger partial charge on any atom is 0.0574 e. The Labute approximate surface area is 136 Å². The Balaban J connectivity index is 1.56. The number of nitrogens with zero attached hydrogens (tertiary/aromatic N) is 1. The van der Waals surface area contributed by atoms with E-state index in [0.29, 0.717) is 6.04 Å². The maximum atomic E-state index is 9.59. The van der Waals surface area contributed by atoms with Crippen LogP contribution >= 0.6 is 11.3 Å². The summed E-state index contributed by atoms with van der Waals surface area (Å²) in [6.07, 6.45) is 1.64. The molecule has 0 amide bonds. The van der Waals surface area contributed by atoms with E-state index in [-0.39, 0.29) is 6.10 Å². The van der Waals surface area contributed by atoms with Gasteiger partial charge in [0.05, 0.1) is 6.10 Å². The number of piperidine rings is 1. The Hall–Kier alpha value is -1.36. The number of nitrogens with one attached hydrogen (secondary N) is 1. The Morgan fingerprint density at radius 2 is 1.95 bits per heavy atom. The molecule has 22 heavy (non-hydrogen) atoms. The maximum absolute atomic E-state index is 9.59. The molecular formula is C18H24N2OS. The Bertz CT molecular complexity index is 559. The third-order valence-corrected chi connectivity index (χ3v) is 5.15. The lowest BCUT2D eigenvalue weighted by Crippen LogP contribution is -2.35. The van der Waals surface area contributed by atoms with Crippen molar-refractivity contribution in [1.29, 1.82) is 0 Å². The van der Waals surface area contributed by atoms with Gasteiger partial charge in [0.1, 0.15) is 0 Å². The molecule has 2 N–H and O–H groups in total. The molecule has 0 spiro atoms. The Kier molecular flexibility index (Phi) is 5.13. The van der Waals surface area contributed by atoms with E-state index < -0.39 is 0 Å². The van der Waals surface area contributed by atoms with E-state index in [9.17, 15) is 5.11 Å². The lowest BCUT2D eigenvalue weighted by Gasteiger charge is -2.31. The SMILES string of the molecule is CC(NCc1ccsc1)c1ccc(N2CCC(O)CC2)cc1. The highest BCUT2D eigenvalue weighted by molar-refractivity contribution is 7.07. The van der Waals surface area contributed by atoms with Crippen LogP contribution in [0.2, 0.25) is 0 Å². The smallest absolute Gasteiger partial charge is 0.0574 e. The molecule has 1 saturated heterocycles. The third kappa shape index (κ3) is 3.88. The number of benzene rings is 1. The van der Waals surface area contributed by atoms with Crippen molar-refractivity contribution in [3.05, 3.63) is 52.2 Å². The van der Waals surface area contributed by atoms with Crippen molar-refractivity contribution in [1.82, 2.24) is 5.32 Å². The van der Waals surface area contributed by atoms with Crippen LogP contribution in [0.3, 0.4) is 0 Å². The first-order chi connectivity index (χ1) is 10.7. The first-order valence-electron chi connectivity index (χ1n) is 8.00. The summed E-state index contributed by atoms with van der Waals surface area (Å²) in [5.74, 6) is 0. The lowest BCUT2D eigenvalue weighted by atomic mass is 10.0. The van der Waals surface area contributed by atoms with Crippen LogP contribution in [-0.2, 0) is 6.54 Å². The van der Waals surface area contributed by atoms with Crippen LogP contribution in [0.15, 0.2) is 41.1 Å². The standard InChI is InChI=1S/C18H24N2OS/c1-14(19-12-15-8-11-22-13-15)16-2-4-17(5-3-16)20-9-6-18(21)7-10-20/h2-5,8,11,13-14,18-19,21H,6-7,9-10,12H2,1H3. The van der Waals surface area contributed by atoms with E-state index in [1.54, 1.807) is 11.3 Å². The summed E-state index contributed by atoms with van der Waals surface area (Å²) < 4.78 is 0. The number of hydrogen-bond acceptors (Lipinski definition) is 4. The molecule has 1 aromatic heterocycles. The minimum Gasteiger partial charge on any atom is -0.393 e. The molecule has 1 aromatic carbocycles. The van der Waals surface area contributed by atoms with E-state index >= 15 is 0 Å². The highest BCUT2D eigenvalue weighted by atomic mass is 32.1. The number of aliphatic hydroxyl groups is 1. The molecule has 1 fully saturated rings. The molecular weight excluding hydrogens is 292 g/mol. The van der Waals surface area contributed by atoms with Crippen molar-refractivity contribution in [2.45, 2.75) is 38.5 Å². The predicted molar refractivity (Wildman–Crippen MR) is 93.5 cm³/mol. The summed E-state index contributed by atoms with van der Waals surface area (Å²) >= 11 is 1.74. The summed E-state index contributed by atoms with van der Waals surface area (Å²) in [6, 6.07) is 11.3. The third-order valence-electron chi connectivity index (χ3n) is 4.42. The van der Waals surface area contributed by atoms with Gasteiger partial charge in [0, 0.05) is 31.4 Å². The monoisotopic (exact) mass is 316 g/mol. The van der Waals surface area contributed by atoms with Gasteiger partial charge in [0.15, 0.2) is 0 Å². The topological polar surface area (TPSA) is 35.5 Å². The second kappa shape index (κ2) is 7.27. The Morgan fingerprint density at radius 1 is 1.23 bits per heavy atom. The molecule has 1 aliphatic rings. The van der Waals surface area contributed by atoms with Crippen molar-refractivity contribution < 1.29 is 5.11 Å². The first-order valence-corrected chi connectivity index (χ1v) is 8.94. The fraction of sp³-hybridized carbons (Fsp3) is 0.444. The van der Waals surface area contributed by atoms with Gasteiger partial charge in [-0.15, -0.1) is 0 Å². The second-order valence-electron chi connectivity index (χ2n) is 6.04. The Morgan fingerprint density at radius 3 is 2.59 bits per heavy atom. The first kappa shape index (κ1) is 15.5. The number of rotatable bonds is 5. The predicted octanol–water partition coefficient (Wildman–Crippen LogP) is 3.56. The zero-order valence-corrected chi connectivity index (χ0v) is 13.9. The second-order valence-corrected chi connectivity index (χ2v) is 6.82. The van der Waals surface area contributed by atoms with E-state index in [1.807, 2.05) is 0 Å². The summed E-state index contributed by atoms with van der Waals surface area (Å²) in [6.45, 7) is 5.02. The van der Waals surface area contributed by atoms with Gasteiger partial charge in [-0.25, -0.2) is 0 Å².